The number of nitrogens with zero attached hydrogens (tertiary/aromatic N) is 4. The lowest BCUT2D eigenvalue weighted by molar-refractivity contribution is 0.101. The van der Waals surface area contributed by atoms with Gasteiger partial charge in [-0.05, 0) is 38.0 Å². The van der Waals surface area contributed by atoms with Crippen LogP contribution in [-0.2, 0) is 0 Å². The Morgan fingerprint density at radius 3 is 2.53 bits per heavy atom. The molecule has 0 bridgehead atoms. The molecule has 4 rings (SSSR count). The van der Waals surface area contributed by atoms with Crippen molar-refractivity contribution in [2.45, 2.75) is 26.4 Å². The summed E-state index contributed by atoms with van der Waals surface area (Å²) in [6.07, 6.45) is 3.77. The zero-order valence-corrected chi connectivity index (χ0v) is 18.2. The second-order valence-electron chi connectivity index (χ2n) is 7.39. The van der Waals surface area contributed by atoms with Crippen LogP contribution in [0.1, 0.15) is 37.0 Å². The van der Waals surface area contributed by atoms with E-state index in [-0.39, 0.29) is 17.9 Å². The number of hydrogen-bond donors (Lipinski definition) is 2. The monoisotopic (exact) mass is 458 g/mol. The fraction of sp³-hybridized carbons (Fsp3) is 0.286. The molecular formula is C21H20F2N6O2S. The summed E-state index contributed by atoms with van der Waals surface area (Å²) in [5.74, 6) is -1.23. The third-order valence-electron chi connectivity index (χ3n) is 4.99. The Balaban J connectivity index is 1.48. The van der Waals surface area contributed by atoms with Crippen LogP contribution in [0.2, 0.25) is 0 Å². The van der Waals surface area contributed by atoms with E-state index in [2.05, 4.69) is 25.6 Å². The zero-order chi connectivity index (χ0) is 22.8. The number of benzene rings is 1. The van der Waals surface area contributed by atoms with E-state index in [9.17, 15) is 18.4 Å². The van der Waals surface area contributed by atoms with Crippen LogP contribution in [0, 0.1) is 19.7 Å². The largest absolute Gasteiger partial charge is 0.352 e. The summed E-state index contributed by atoms with van der Waals surface area (Å²) in [5.41, 5.74) is 0.524. The minimum absolute atomic E-state index is 0.125. The summed E-state index contributed by atoms with van der Waals surface area (Å²) in [6.45, 7) is 4.21. The van der Waals surface area contributed by atoms with Crippen molar-refractivity contribution in [3.63, 3.8) is 0 Å². The number of carbonyl (C=O) groups excluding carboxylic acids is 2. The van der Waals surface area contributed by atoms with Gasteiger partial charge in [-0.25, -0.2) is 23.7 Å². The normalized spacial score (nSPS) is 15.6. The van der Waals surface area contributed by atoms with Gasteiger partial charge in [0.2, 0.25) is 0 Å². The van der Waals surface area contributed by atoms with Gasteiger partial charge in [0.05, 0.1) is 35.7 Å². The van der Waals surface area contributed by atoms with Gasteiger partial charge < -0.3 is 15.5 Å². The average molecular weight is 458 g/mol. The molecule has 0 aliphatic carbocycles. The third-order valence-corrected chi connectivity index (χ3v) is 5.90. The molecule has 2 N–H and O–H groups in total. The third kappa shape index (κ3) is 4.72. The van der Waals surface area contributed by atoms with Crippen molar-refractivity contribution in [3.8, 4) is 0 Å². The van der Waals surface area contributed by atoms with Crippen LogP contribution in [-0.4, -0.2) is 46.0 Å². The first-order chi connectivity index (χ1) is 15.3. The highest BCUT2D eigenvalue weighted by atomic mass is 32.1. The number of hydrogen-bond acceptors (Lipinski definition) is 7. The smallest absolute Gasteiger partial charge is 0.267 e. The van der Waals surface area contributed by atoms with Gasteiger partial charge in [0.25, 0.3) is 11.8 Å². The van der Waals surface area contributed by atoms with Crippen LogP contribution in [0.15, 0.2) is 30.7 Å². The fourth-order valence-corrected chi connectivity index (χ4v) is 3.96. The molecule has 32 heavy (non-hydrogen) atoms. The Morgan fingerprint density at radius 2 is 1.91 bits per heavy atom. The lowest BCUT2D eigenvalue weighted by Crippen LogP contribution is -2.22. The Labute approximate surface area is 186 Å². The molecule has 166 valence electrons. The Morgan fingerprint density at radius 1 is 1.09 bits per heavy atom. The van der Waals surface area contributed by atoms with Crippen LogP contribution >= 0.6 is 11.3 Å². The highest BCUT2D eigenvalue weighted by Crippen LogP contribution is 2.24. The molecule has 1 saturated heterocycles. The molecular weight excluding hydrogens is 438 g/mol. The average Bonchev–Trinajstić information content (AvgIpc) is 3.39. The number of amides is 2. The molecule has 11 heteroatoms. The number of thiazole rings is 1. The highest BCUT2D eigenvalue weighted by molar-refractivity contribution is 7.13. The molecule has 8 nitrogen and oxygen atoms in total. The van der Waals surface area contributed by atoms with Crippen molar-refractivity contribution in [3.05, 3.63) is 57.6 Å². The number of anilines is 3. The molecule has 3 aromatic rings. The van der Waals surface area contributed by atoms with Crippen LogP contribution in [0.25, 0.3) is 0 Å². The minimum Gasteiger partial charge on any atom is -0.352 e. The minimum atomic E-state index is -0.893. The quantitative estimate of drug-likeness (QED) is 0.604. The Bertz CT molecular complexity index is 1170. The van der Waals surface area contributed by atoms with Gasteiger partial charge in [0.1, 0.15) is 22.7 Å². The van der Waals surface area contributed by atoms with E-state index < -0.39 is 23.8 Å². The van der Waals surface area contributed by atoms with E-state index >= 15 is 0 Å². The molecule has 2 aromatic heterocycles. The van der Waals surface area contributed by atoms with Gasteiger partial charge in [-0.2, -0.15) is 0 Å². The first kappa shape index (κ1) is 21.8. The molecule has 1 atom stereocenters. The molecule has 2 amide bonds. The number of nitrogens with one attached hydrogen (secondary N) is 2. The van der Waals surface area contributed by atoms with Gasteiger partial charge in [0, 0.05) is 12.2 Å². The molecule has 1 aromatic carbocycles. The van der Waals surface area contributed by atoms with Gasteiger partial charge in [-0.15, -0.1) is 11.3 Å². The molecule has 0 unspecified atom stereocenters. The lowest BCUT2D eigenvalue weighted by Gasteiger charge is -2.16. The number of aromatic nitrogens is 3. The highest BCUT2D eigenvalue weighted by Gasteiger charge is 2.23. The first-order valence-electron chi connectivity index (χ1n) is 9.86. The predicted molar refractivity (Wildman–Crippen MR) is 118 cm³/mol. The molecule has 0 spiro atoms. The summed E-state index contributed by atoms with van der Waals surface area (Å²) >= 11 is 1.23. The van der Waals surface area contributed by atoms with Crippen molar-refractivity contribution in [1.82, 2.24) is 15.0 Å². The van der Waals surface area contributed by atoms with E-state index in [0.717, 1.165) is 5.01 Å². The maximum Gasteiger partial charge on any atom is 0.267 e. The zero-order valence-electron chi connectivity index (χ0n) is 17.4. The van der Waals surface area contributed by atoms with Crippen LogP contribution in [0.4, 0.5) is 26.1 Å². The number of alkyl halides is 1. The lowest BCUT2D eigenvalue weighted by atomic mass is 10.1. The van der Waals surface area contributed by atoms with E-state index in [1.807, 2.05) is 0 Å². The predicted octanol–water partition coefficient (Wildman–Crippen LogP) is 3.74. The number of halogens is 2. The second-order valence-corrected chi connectivity index (χ2v) is 8.63. The van der Waals surface area contributed by atoms with Crippen LogP contribution in [0.5, 0.6) is 0 Å². The number of aryl methyl sites for hydroxylation is 2. The second kappa shape index (κ2) is 8.95. The maximum atomic E-state index is 14.5. The Hall–Kier alpha value is -3.47. The summed E-state index contributed by atoms with van der Waals surface area (Å²) in [5, 5.41) is 5.93. The first-order valence-corrected chi connectivity index (χ1v) is 10.7. The molecule has 1 aliphatic heterocycles. The molecule has 3 heterocycles. The van der Waals surface area contributed by atoms with Crippen molar-refractivity contribution >= 4 is 40.5 Å². The van der Waals surface area contributed by atoms with Crippen molar-refractivity contribution in [1.29, 1.82) is 0 Å². The van der Waals surface area contributed by atoms with Crippen LogP contribution < -0.4 is 15.5 Å². The number of carbonyl (C=O) groups is 2. The van der Waals surface area contributed by atoms with Gasteiger partial charge in [-0.3, -0.25) is 9.59 Å². The SMILES string of the molecule is Cc1ncc(C(=O)Nc2cc(C(=O)Nc3cnc(N4CC[C@H](F)C4)cn3)c(F)cc2C)s1. The molecule has 1 aliphatic rings. The topological polar surface area (TPSA) is 100 Å². The summed E-state index contributed by atoms with van der Waals surface area (Å²) in [4.78, 5) is 39.6. The standard InChI is InChI=1S/C21H20F2N6O2S/c1-11-5-15(23)14(6-16(11)27-21(31)17-7-24-12(2)32-17)20(30)28-18-8-26-19(9-25-18)29-4-3-13(22)10-29/h5-9,13H,3-4,10H2,1-2H3,(H,27,31)(H,25,28,30)/t13-/m0/s1. The summed E-state index contributed by atoms with van der Waals surface area (Å²) in [6, 6.07) is 2.46. The number of rotatable bonds is 5. The van der Waals surface area contributed by atoms with Crippen molar-refractivity contribution in [2.75, 3.05) is 28.6 Å². The maximum absolute atomic E-state index is 14.5. The van der Waals surface area contributed by atoms with Gasteiger partial charge in [-0.1, -0.05) is 0 Å². The van der Waals surface area contributed by atoms with E-state index in [1.54, 1.807) is 18.7 Å². The fourth-order valence-electron chi connectivity index (χ4n) is 3.29. The van der Waals surface area contributed by atoms with Crippen molar-refractivity contribution < 1.29 is 18.4 Å². The molecule has 0 radical (unpaired) electrons. The van der Waals surface area contributed by atoms with Gasteiger partial charge in [0.15, 0.2) is 5.82 Å². The Kier molecular flexibility index (Phi) is 6.08. The molecule has 0 saturated carbocycles. The van der Waals surface area contributed by atoms with E-state index in [1.165, 1.54) is 42.1 Å². The summed E-state index contributed by atoms with van der Waals surface area (Å²) in [7, 11) is 0. The van der Waals surface area contributed by atoms with Crippen LogP contribution in [0.3, 0.4) is 0 Å². The van der Waals surface area contributed by atoms with Gasteiger partial charge >= 0.3 is 0 Å². The van der Waals surface area contributed by atoms with E-state index in [0.29, 0.717) is 34.9 Å². The molecule has 1 fully saturated rings. The van der Waals surface area contributed by atoms with Crippen molar-refractivity contribution in [2.24, 2.45) is 0 Å². The summed E-state index contributed by atoms with van der Waals surface area (Å²) < 4.78 is 27.9. The van der Waals surface area contributed by atoms with E-state index in [4.69, 9.17) is 0 Å².